The van der Waals surface area contributed by atoms with Crippen molar-refractivity contribution in [3.8, 4) is 0 Å². The maximum absolute atomic E-state index is 13.0. The first-order valence-corrected chi connectivity index (χ1v) is 11.5. The first kappa shape index (κ1) is 26.4. The van der Waals surface area contributed by atoms with Gasteiger partial charge in [0.1, 0.15) is 12.1 Å². The van der Waals surface area contributed by atoms with Gasteiger partial charge in [0.05, 0.1) is 12.6 Å². The Morgan fingerprint density at radius 1 is 1.15 bits per heavy atom. The predicted molar refractivity (Wildman–Crippen MR) is 120 cm³/mol. The number of nitrogens with one attached hydrogen (secondary N) is 1. The summed E-state index contributed by atoms with van der Waals surface area (Å²) in [7, 11) is 0. The third-order valence-corrected chi connectivity index (χ3v) is 5.96. The third kappa shape index (κ3) is 8.19. The highest BCUT2D eigenvalue weighted by Gasteiger charge is 2.38. The summed E-state index contributed by atoms with van der Waals surface area (Å²) in [5, 5.41) is 2.61. The van der Waals surface area contributed by atoms with E-state index in [4.69, 9.17) is 17.2 Å². The van der Waals surface area contributed by atoms with Crippen LogP contribution in [0.15, 0.2) is 4.99 Å². The number of nitrogens with zero attached hydrogens (tertiary/aromatic N) is 2. The molecule has 0 bridgehead atoms. The highest BCUT2D eigenvalue weighted by atomic mass is 16.7. The maximum Gasteiger partial charge on any atom is 0.516 e. The summed E-state index contributed by atoms with van der Waals surface area (Å²) < 4.78 is 9.30. The number of rotatable bonds is 11. The molecule has 0 aromatic rings. The number of aliphatic imine (C=N–C) groups is 1. The van der Waals surface area contributed by atoms with E-state index in [2.05, 4.69) is 19.8 Å². The van der Waals surface area contributed by atoms with Gasteiger partial charge in [-0.3, -0.25) is 14.6 Å². The van der Waals surface area contributed by atoms with E-state index in [9.17, 15) is 19.2 Å². The zero-order chi connectivity index (χ0) is 24.4. The van der Waals surface area contributed by atoms with E-state index in [0.717, 1.165) is 19.3 Å². The smallest absolute Gasteiger partial charge is 0.434 e. The molecule has 1 aliphatic carbocycles. The largest absolute Gasteiger partial charge is 0.516 e. The molecule has 2 rings (SSSR count). The number of likely N-dealkylation sites (tertiary alicyclic amines) is 1. The number of hydrogen-bond donors (Lipinski definition) is 4. The zero-order valence-electron chi connectivity index (χ0n) is 19.2. The van der Waals surface area contributed by atoms with Crippen molar-refractivity contribution in [1.82, 2.24) is 10.2 Å². The molecule has 7 N–H and O–H groups in total. The van der Waals surface area contributed by atoms with Crippen LogP contribution in [0, 0.1) is 5.92 Å². The van der Waals surface area contributed by atoms with E-state index in [1.807, 2.05) is 0 Å². The average Bonchev–Trinajstić information content (AvgIpc) is 3.21. The van der Waals surface area contributed by atoms with E-state index in [1.165, 1.54) is 4.90 Å². The monoisotopic (exact) mass is 468 g/mol. The molecular weight excluding hydrogens is 432 g/mol. The lowest BCUT2D eigenvalue weighted by molar-refractivity contribution is -0.146. The molecule has 0 aromatic heterocycles. The Morgan fingerprint density at radius 3 is 2.48 bits per heavy atom. The van der Waals surface area contributed by atoms with Gasteiger partial charge in [-0.2, -0.15) is 0 Å². The number of amides is 2. The van der Waals surface area contributed by atoms with Gasteiger partial charge < -0.3 is 36.9 Å². The van der Waals surface area contributed by atoms with Crippen LogP contribution in [0.4, 0.5) is 4.79 Å². The molecular formula is C21H36N6O6. The lowest BCUT2D eigenvalue weighted by Gasteiger charge is -2.31. The van der Waals surface area contributed by atoms with E-state index >= 15 is 0 Å². The van der Waals surface area contributed by atoms with E-state index in [1.54, 1.807) is 6.92 Å². The molecule has 0 unspecified atom stereocenters. The summed E-state index contributed by atoms with van der Waals surface area (Å²) in [6, 6.07) is -2.51. The van der Waals surface area contributed by atoms with Crippen LogP contribution >= 0.6 is 0 Å². The minimum Gasteiger partial charge on any atom is -0.434 e. The minimum atomic E-state index is -1.15. The van der Waals surface area contributed by atoms with Crippen LogP contribution in [-0.2, 0) is 23.9 Å². The van der Waals surface area contributed by atoms with Gasteiger partial charge in [-0.25, -0.2) is 9.59 Å². The first-order chi connectivity index (χ1) is 15.7. The number of ether oxygens (including phenoxy) is 2. The number of guanidine groups is 1. The molecule has 2 fully saturated rings. The van der Waals surface area contributed by atoms with Crippen LogP contribution in [0.25, 0.3) is 0 Å². The Balaban J connectivity index is 2.00. The van der Waals surface area contributed by atoms with Crippen molar-refractivity contribution in [1.29, 1.82) is 0 Å². The van der Waals surface area contributed by atoms with Gasteiger partial charge in [-0.05, 0) is 44.9 Å². The van der Waals surface area contributed by atoms with Crippen LogP contribution < -0.4 is 22.5 Å². The Hall–Kier alpha value is -2.89. The molecule has 2 aliphatic rings. The topological polar surface area (TPSA) is 192 Å². The average molecular weight is 469 g/mol. The van der Waals surface area contributed by atoms with Crippen molar-refractivity contribution in [2.24, 2.45) is 28.1 Å². The van der Waals surface area contributed by atoms with Crippen LogP contribution in [0.3, 0.4) is 0 Å². The molecule has 1 heterocycles. The van der Waals surface area contributed by atoms with Gasteiger partial charge in [0.15, 0.2) is 5.96 Å². The van der Waals surface area contributed by atoms with Crippen molar-refractivity contribution in [3.05, 3.63) is 0 Å². The standard InChI is InChI=1S/C21H36N6O6/c1-2-32-21(31)33-19(30)15(8-4-10-25-20(23)24)26-17(28)16-9-5-11-27(16)18(29)14(22)12-13-6-3-7-13/h13-16H,2-12,22H2,1H3,(H,26,28)(H4,23,24,25)/t14-,15+,16+/m1/s1. The first-order valence-electron chi connectivity index (χ1n) is 11.5. The number of nitrogens with two attached hydrogens (primary N) is 3. The fourth-order valence-corrected chi connectivity index (χ4v) is 4.03. The molecule has 33 heavy (non-hydrogen) atoms. The lowest BCUT2D eigenvalue weighted by Crippen LogP contribution is -2.54. The Morgan fingerprint density at radius 2 is 1.88 bits per heavy atom. The summed E-state index contributed by atoms with van der Waals surface area (Å²) in [5.41, 5.74) is 16.7. The van der Waals surface area contributed by atoms with Gasteiger partial charge in [0, 0.05) is 13.1 Å². The molecule has 0 aromatic carbocycles. The van der Waals surface area contributed by atoms with Crippen molar-refractivity contribution in [2.75, 3.05) is 19.7 Å². The zero-order valence-corrected chi connectivity index (χ0v) is 19.2. The number of carbonyl (C=O) groups is 4. The number of esters is 1. The summed E-state index contributed by atoms with van der Waals surface area (Å²) in [6.45, 7) is 2.26. The quantitative estimate of drug-likeness (QED) is 0.104. The molecule has 2 amide bonds. The fraction of sp³-hybridized carbons (Fsp3) is 0.762. The molecule has 186 valence electrons. The van der Waals surface area contributed by atoms with Crippen molar-refractivity contribution >= 4 is 29.9 Å². The minimum absolute atomic E-state index is 0.0356. The molecule has 1 saturated heterocycles. The van der Waals surface area contributed by atoms with Crippen LogP contribution in [-0.4, -0.2) is 72.6 Å². The van der Waals surface area contributed by atoms with Gasteiger partial charge in [-0.1, -0.05) is 19.3 Å². The van der Waals surface area contributed by atoms with Gasteiger partial charge in [-0.15, -0.1) is 0 Å². The predicted octanol–water partition coefficient (Wildman–Crippen LogP) is -0.267. The Labute approximate surface area is 193 Å². The van der Waals surface area contributed by atoms with Crippen LogP contribution in [0.5, 0.6) is 0 Å². The summed E-state index contributed by atoms with van der Waals surface area (Å²) in [5.74, 6) is -1.33. The van der Waals surface area contributed by atoms with Gasteiger partial charge >= 0.3 is 12.1 Å². The second kappa shape index (κ2) is 13.0. The van der Waals surface area contributed by atoms with Gasteiger partial charge in [0.25, 0.3) is 0 Å². The van der Waals surface area contributed by atoms with E-state index in [0.29, 0.717) is 38.1 Å². The molecule has 0 spiro atoms. The third-order valence-electron chi connectivity index (χ3n) is 5.96. The van der Waals surface area contributed by atoms with Crippen molar-refractivity contribution < 1.29 is 28.7 Å². The molecule has 1 aliphatic heterocycles. The normalized spacial score (nSPS) is 19.7. The molecule has 1 saturated carbocycles. The summed E-state index contributed by atoms with van der Waals surface area (Å²) in [4.78, 5) is 55.2. The van der Waals surface area contributed by atoms with E-state index in [-0.39, 0.29) is 31.4 Å². The summed E-state index contributed by atoms with van der Waals surface area (Å²) >= 11 is 0. The Kier molecular flexibility index (Phi) is 10.4. The highest BCUT2D eigenvalue weighted by molar-refractivity contribution is 5.93. The van der Waals surface area contributed by atoms with Crippen molar-refractivity contribution in [2.45, 2.75) is 76.4 Å². The fourth-order valence-electron chi connectivity index (χ4n) is 4.03. The maximum atomic E-state index is 13.0. The molecule has 12 nitrogen and oxygen atoms in total. The van der Waals surface area contributed by atoms with E-state index < -0.39 is 36.2 Å². The van der Waals surface area contributed by atoms with Crippen molar-refractivity contribution in [3.63, 3.8) is 0 Å². The summed E-state index contributed by atoms with van der Waals surface area (Å²) in [6.07, 6.45) is 4.37. The Bertz CT molecular complexity index is 737. The number of carbonyl (C=O) groups excluding carboxylic acids is 4. The highest BCUT2D eigenvalue weighted by Crippen LogP contribution is 2.31. The second-order valence-corrected chi connectivity index (χ2v) is 8.44. The van der Waals surface area contributed by atoms with Gasteiger partial charge in [0.2, 0.25) is 11.8 Å². The van der Waals surface area contributed by atoms with Crippen LogP contribution in [0.1, 0.15) is 58.3 Å². The van der Waals surface area contributed by atoms with Crippen LogP contribution in [0.2, 0.25) is 0 Å². The number of hydrogen-bond acceptors (Lipinski definition) is 8. The second-order valence-electron chi connectivity index (χ2n) is 8.44. The molecule has 12 heteroatoms. The SMILES string of the molecule is CCOC(=O)OC(=O)[C@H](CCCN=C(N)N)NC(=O)[C@@H]1CCCN1C(=O)[C@H](N)CC1CCC1. The lowest BCUT2D eigenvalue weighted by atomic mass is 9.81. The molecule has 3 atom stereocenters. The molecule has 0 radical (unpaired) electrons.